The first kappa shape index (κ1) is 23.1. The standard InChI is InChI=1S/C23H32N4O3S/c1-3-25-23(26-14-18-8-12-20(13-9-18)17-31(28,29)24-2)27-15-21-6-4-5-7-22(21)30-16-19-10-11-19/h4-9,12-13,19,24H,3,10-11,14-17H2,1-2H3,(H2,25,26,27). The maximum absolute atomic E-state index is 11.7. The van der Waals surface area contributed by atoms with Gasteiger partial charge in [0.2, 0.25) is 10.0 Å². The number of nitrogens with one attached hydrogen (secondary N) is 3. The highest BCUT2D eigenvalue weighted by atomic mass is 32.2. The van der Waals surface area contributed by atoms with E-state index in [0.717, 1.165) is 41.6 Å². The molecule has 0 aliphatic heterocycles. The van der Waals surface area contributed by atoms with Gasteiger partial charge in [-0.15, -0.1) is 0 Å². The van der Waals surface area contributed by atoms with Crippen molar-refractivity contribution in [3.05, 3.63) is 65.2 Å². The Labute approximate surface area is 185 Å². The van der Waals surface area contributed by atoms with Gasteiger partial charge in [0, 0.05) is 18.7 Å². The topological polar surface area (TPSA) is 91.8 Å². The summed E-state index contributed by atoms with van der Waals surface area (Å²) in [6, 6.07) is 15.6. The first-order valence-electron chi connectivity index (χ1n) is 10.7. The number of sulfonamides is 1. The molecule has 1 aliphatic rings. The number of nitrogens with zero attached hydrogens (tertiary/aromatic N) is 1. The number of rotatable bonds is 11. The number of aliphatic imine (C=N–C) groups is 1. The van der Waals surface area contributed by atoms with Crippen LogP contribution in [0.5, 0.6) is 5.75 Å². The van der Waals surface area contributed by atoms with Crippen LogP contribution in [0.25, 0.3) is 0 Å². The molecule has 0 spiro atoms. The molecule has 0 amide bonds. The van der Waals surface area contributed by atoms with Crippen LogP contribution in [0.15, 0.2) is 53.5 Å². The van der Waals surface area contributed by atoms with E-state index in [9.17, 15) is 8.42 Å². The van der Waals surface area contributed by atoms with E-state index in [4.69, 9.17) is 4.74 Å². The van der Waals surface area contributed by atoms with Crippen LogP contribution in [0.3, 0.4) is 0 Å². The SMILES string of the molecule is CCNC(=NCc1ccc(CS(=O)(=O)NC)cc1)NCc1ccccc1OCC1CC1. The lowest BCUT2D eigenvalue weighted by Crippen LogP contribution is -2.36. The molecule has 31 heavy (non-hydrogen) atoms. The molecule has 0 bridgehead atoms. The number of hydrogen-bond donors (Lipinski definition) is 3. The molecule has 1 fully saturated rings. The van der Waals surface area contributed by atoms with Crippen LogP contribution in [0.1, 0.15) is 36.5 Å². The van der Waals surface area contributed by atoms with Crippen LogP contribution in [0.2, 0.25) is 0 Å². The smallest absolute Gasteiger partial charge is 0.215 e. The Morgan fingerprint density at radius 1 is 1.06 bits per heavy atom. The summed E-state index contributed by atoms with van der Waals surface area (Å²) in [6.07, 6.45) is 2.54. The molecule has 168 valence electrons. The number of ether oxygens (including phenoxy) is 1. The second-order valence-corrected chi connectivity index (χ2v) is 9.62. The summed E-state index contributed by atoms with van der Waals surface area (Å²) in [5.74, 6) is 2.33. The summed E-state index contributed by atoms with van der Waals surface area (Å²) < 4.78 is 31.7. The molecule has 0 heterocycles. The van der Waals surface area contributed by atoms with Crippen LogP contribution >= 0.6 is 0 Å². The fraction of sp³-hybridized carbons (Fsp3) is 0.435. The van der Waals surface area contributed by atoms with Gasteiger partial charge in [-0.2, -0.15) is 0 Å². The summed E-state index contributed by atoms with van der Waals surface area (Å²) in [7, 11) is -1.85. The highest BCUT2D eigenvalue weighted by Crippen LogP contribution is 2.30. The van der Waals surface area contributed by atoms with E-state index in [0.29, 0.717) is 19.0 Å². The van der Waals surface area contributed by atoms with E-state index in [-0.39, 0.29) is 5.75 Å². The molecule has 0 aromatic heterocycles. The highest BCUT2D eigenvalue weighted by Gasteiger charge is 2.22. The molecule has 3 rings (SSSR count). The van der Waals surface area contributed by atoms with Gasteiger partial charge in [0.15, 0.2) is 5.96 Å². The molecule has 0 unspecified atom stereocenters. The van der Waals surface area contributed by atoms with Gasteiger partial charge in [0.05, 0.1) is 18.9 Å². The fourth-order valence-electron chi connectivity index (χ4n) is 3.01. The number of para-hydroxylation sites is 1. The number of benzene rings is 2. The van der Waals surface area contributed by atoms with Crippen molar-refractivity contribution in [2.24, 2.45) is 10.9 Å². The molecule has 2 aromatic carbocycles. The maximum atomic E-state index is 11.7. The Morgan fingerprint density at radius 2 is 1.77 bits per heavy atom. The minimum Gasteiger partial charge on any atom is -0.493 e. The first-order valence-corrected chi connectivity index (χ1v) is 12.4. The highest BCUT2D eigenvalue weighted by molar-refractivity contribution is 7.88. The van der Waals surface area contributed by atoms with Crippen molar-refractivity contribution in [3.63, 3.8) is 0 Å². The van der Waals surface area contributed by atoms with Gasteiger partial charge in [0.25, 0.3) is 0 Å². The molecule has 2 aromatic rings. The number of hydrogen-bond acceptors (Lipinski definition) is 4. The molecule has 0 saturated heterocycles. The third kappa shape index (κ3) is 7.88. The van der Waals surface area contributed by atoms with Crippen molar-refractivity contribution >= 4 is 16.0 Å². The van der Waals surface area contributed by atoms with E-state index in [1.165, 1.54) is 19.9 Å². The molecular weight excluding hydrogens is 412 g/mol. The van der Waals surface area contributed by atoms with Gasteiger partial charge in [-0.1, -0.05) is 42.5 Å². The summed E-state index contributed by atoms with van der Waals surface area (Å²) >= 11 is 0. The normalized spacial score (nSPS) is 14.3. The third-order valence-electron chi connectivity index (χ3n) is 5.04. The first-order chi connectivity index (χ1) is 15.0. The van der Waals surface area contributed by atoms with Crippen molar-refractivity contribution in [2.75, 3.05) is 20.2 Å². The van der Waals surface area contributed by atoms with Gasteiger partial charge in [-0.05, 0) is 49.9 Å². The molecule has 1 aliphatic carbocycles. The molecular formula is C23H32N4O3S. The summed E-state index contributed by atoms with van der Waals surface area (Å²) in [5.41, 5.74) is 2.86. The van der Waals surface area contributed by atoms with Gasteiger partial charge in [0.1, 0.15) is 5.75 Å². The van der Waals surface area contributed by atoms with Crippen molar-refractivity contribution in [2.45, 2.75) is 38.6 Å². The van der Waals surface area contributed by atoms with Gasteiger partial charge < -0.3 is 15.4 Å². The zero-order chi connectivity index (χ0) is 22.1. The molecule has 3 N–H and O–H groups in total. The van der Waals surface area contributed by atoms with Crippen molar-refractivity contribution < 1.29 is 13.2 Å². The van der Waals surface area contributed by atoms with Crippen LogP contribution in [0.4, 0.5) is 0 Å². The van der Waals surface area contributed by atoms with Crippen LogP contribution in [-0.2, 0) is 28.9 Å². The molecule has 0 radical (unpaired) electrons. The van der Waals surface area contributed by atoms with Crippen molar-refractivity contribution in [1.82, 2.24) is 15.4 Å². The predicted molar refractivity (Wildman–Crippen MR) is 124 cm³/mol. The van der Waals surface area contributed by atoms with E-state index in [1.54, 1.807) is 0 Å². The molecule has 7 nitrogen and oxygen atoms in total. The minimum atomic E-state index is -3.27. The molecule has 8 heteroatoms. The van der Waals surface area contributed by atoms with Crippen LogP contribution < -0.4 is 20.1 Å². The van der Waals surface area contributed by atoms with Crippen molar-refractivity contribution in [3.8, 4) is 5.75 Å². The fourth-order valence-corrected chi connectivity index (χ4v) is 3.78. The van der Waals surface area contributed by atoms with E-state index >= 15 is 0 Å². The lowest BCUT2D eigenvalue weighted by molar-refractivity contribution is 0.296. The maximum Gasteiger partial charge on any atom is 0.215 e. The molecule has 1 saturated carbocycles. The zero-order valence-electron chi connectivity index (χ0n) is 18.2. The Bertz CT molecular complexity index is 971. The van der Waals surface area contributed by atoms with Gasteiger partial charge >= 0.3 is 0 Å². The van der Waals surface area contributed by atoms with E-state index in [1.807, 2.05) is 49.4 Å². The van der Waals surface area contributed by atoms with Crippen molar-refractivity contribution in [1.29, 1.82) is 0 Å². The third-order valence-corrected chi connectivity index (χ3v) is 6.38. The molecule has 0 atom stereocenters. The summed E-state index contributed by atoms with van der Waals surface area (Å²) in [5, 5.41) is 6.64. The van der Waals surface area contributed by atoms with E-state index in [2.05, 4.69) is 26.4 Å². The largest absolute Gasteiger partial charge is 0.493 e. The Morgan fingerprint density at radius 3 is 2.45 bits per heavy atom. The monoisotopic (exact) mass is 444 g/mol. The van der Waals surface area contributed by atoms with Crippen LogP contribution in [0, 0.1) is 5.92 Å². The zero-order valence-corrected chi connectivity index (χ0v) is 19.0. The summed E-state index contributed by atoms with van der Waals surface area (Å²) in [6.45, 7) is 4.69. The Balaban J connectivity index is 1.58. The Hall–Kier alpha value is -2.58. The average Bonchev–Trinajstić information content (AvgIpc) is 3.60. The van der Waals surface area contributed by atoms with E-state index < -0.39 is 10.0 Å². The number of guanidine groups is 1. The van der Waals surface area contributed by atoms with Crippen LogP contribution in [-0.4, -0.2) is 34.6 Å². The minimum absolute atomic E-state index is 0.0283. The van der Waals surface area contributed by atoms with Gasteiger partial charge in [-0.25, -0.2) is 18.1 Å². The van der Waals surface area contributed by atoms with Gasteiger partial charge in [-0.3, -0.25) is 0 Å². The second-order valence-electron chi connectivity index (χ2n) is 7.69. The lowest BCUT2D eigenvalue weighted by atomic mass is 10.1. The predicted octanol–water partition coefficient (Wildman–Crippen LogP) is 2.78. The second kappa shape index (κ2) is 11.2. The summed E-state index contributed by atoms with van der Waals surface area (Å²) in [4.78, 5) is 4.66. The Kier molecular flexibility index (Phi) is 8.31. The quantitative estimate of drug-likeness (QED) is 0.366. The lowest BCUT2D eigenvalue weighted by Gasteiger charge is -2.14. The average molecular weight is 445 g/mol.